The molecule has 20 heavy (non-hydrogen) atoms. The quantitative estimate of drug-likeness (QED) is 0.843. The van der Waals surface area contributed by atoms with Crippen molar-refractivity contribution in [1.82, 2.24) is 5.32 Å². The third kappa shape index (κ3) is 2.79. The van der Waals surface area contributed by atoms with Crippen LogP contribution >= 0.6 is 0 Å². The molecule has 2 aromatic rings. The van der Waals surface area contributed by atoms with E-state index in [4.69, 9.17) is 5.73 Å². The minimum atomic E-state index is -0.582. The van der Waals surface area contributed by atoms with Crippen LogP contribution in [-0.2, 0) is 0 Å². The van der Waals surface area contributed by atoms with Gasteiger partial charge in [0.15, 0.2) is 0 Å². The number of nitrogen functional groups attached to an aromatic ring is 1. The molecule has 0 bridgehead atoms. The van der Waals surface area contributed by atoms with Crippen molar-refractivity contribution in [3.63, 3.8) is 0 Å². The second-order valence-electron chi connectivity index (χ2n) is 4.75. The highest BCUT2D eigenvalue weighted by molar-refractivity contribution is 5.99. The first-order chi connectivity index (χ1) is 9.50. The average Bonchev–Trinajstić information content (AvgIpc) is 2.42. The summed E-state index contributed by atoms with van der Waals surface area (Å²) < 4.78 is 13.4. The van der Waals surface area contributed by atoms with E-state index in [9.17, 15) is 9.18 Å². The van der Waals surface area contributed by atoms with Crippen LogP contribution in [-0.4, -0.2) is 5.91 Å². The van der Waals surface area contributed by atoms with Crippen LogP contribution in [0.1, 0.15) is 34.5 Å². The van der Waals surface area contributed by atoms with E-state index in [1.54, 1.807) is 0 Å². The molecule has 3 N–H and O–H groups in total. The van der Waals surface area contributed by atoms with Gasteiger partial charge in [-0.15, -0.1) is 0 Å². The Labute approximate surface area is 117 Å². The van der Waals surface area contributed by atoms with Crippen LogP contribution in [0.5, 0.6) is 0 Å². The minimum absolute atomic E-state index is 0.123. The van der Waals surface area contributed by atoms with Crippen molar-refractivity contribution in [2.24, 2.45) is 0 Å². The van der Waals surface area contributed by atoms with E-state index < -0.39 is 5.82 Å². The molecule has 3 nitrogen and oxygen atoms in total. The minimum Gasteiger partial charge on any atom is -0.396 e. The number of nitrogens with one attached hydrogen (secondary N) is 1. The van der Waals surface area contributed by atoms with Crippen LogP contribution in [0, 0.1) is 12.7 Å². The van der Waals surface area contributed by atoms with E-state index in [0.29, 0.717) is 0 Å². The van der Waals surface area contributed by atoms with Gasteiger partial charge in [0.1, 0.15) is 5.82 Å². The van der Waals surface area contributed by atoms with Crippen LogP contribution in [0.25, 0.3) is 0 Å². The van der Waals surface area contributed by atoms with Gasteiger partial charge >= 0.3 is 0 Å². The molecule has 0 saturated carbocycles. The number of hydrogen-bond acceptors (Lipinski definition) is 2. The van der Waals surface area contributed by atoms with E-state index >= 15 is 0 Å². The molecule has 2 aromatic carbocycles. The van der Waals surface area contributed by atoms with Crippen LogP contribution in [0.15, 0.2) is 42.5 Å². The summed E-state index contributed by atoms with van der Waals surface area (Å²) in [5.41, 5.74) is 7.74. The van der Waals surface area contributed by atoms with Gasteiger partial charge in [-0.25, -0.2) is 4.39 Å². The number of aryl methyl sites for hydroxylation is 1. The number of benzene rings is 2. The molecule has 4 heteroatoms. The molecule has 104 valence electrons. The molecule has 1 unspecified atom stereocenters. The van der Waals surface area contributed by atoms with Crippen molar-refractivity contribution in [3.8, 4) is 0 Å². The molecule has 0 aliphatic carbocycles. The number of carbonyl (C=O) groups excluding carboxylic acids is 1. The zero-order valence-electron chi connectivity index (χ0n) is 11.5. The van der Waals surface area contributed by atoms with Crippen LogP contribution < -0.4 is 11.1 Å². The maximum Gasteiger partial charge on any atom is 0.253 e. The number of halogens is 1. The Hall–Kier alpha value is -2.36. The third-order valence-corrected chi connectivity index (χ3v) is 3.30. The van der Waals surface area contributed by atoms with Gasteiger partial charge in [0.2, 0.25) is 0 Å². The van der Waals surface area contributed by atoms with Gasteiger partial charge in [-0.05, 0) is 37.1 Å². The molecular weight excluding hydrogens is 255 g/mol. The van der Waals surface area contributed by atoms with Gasteiger partial charge in [-0.2, -0.15) is 0 Å². The highest BCUT2D eigenvalue weighted by atomic mass is 19.1. The highest BCUT2D eigenvalue weighted by Crippen LogP contribution is 2.20. The lowest BCUT2D eigenvalue weighted by atomic mass is 10.0. The lowest BCUT2D eigenvalue weighted by Crippen LogP contribution is -2.28. The molecule has 0 saturated heterocycles. The standard InChI is InChI=1S/C16H17FN2O/c1-10-6-3-4-7-12(10)11(2)19-16(20)13-8-5-9-14(17)15(13)18/h3-9,11H,18H2,1-2H3,(H,19,20). The van der Waals surface area contributed by atoms with Crippen molar-refractivity contribution in [2.45, 2.75) is 19.9 Å². The lowest BCUT2D eigenvalue weighted by molar-refractivity contribution is 0.0940. The maximum absolute atomic E-state index is 13.4. The lowest BCUT2D eigenvalue weighted by Gasteiger charge is -2.17. The van der Waals surface area contributed by atoms with Crippen LogP contribution in [0.4, 0.5) is 10.1 Å². The van der Waals surface area contributed by atoms with Crippen LogP contribution in [0.3, 0.4) is 0 Å². The molecule has 2 rings (SSSR count). The maximum atomic E-state index is 13.4. The van der Waals surface area contributed by atoms with Crippen LogP contribution in [0.2, 0.25) is 0 Å². The Balaban J connectivity index is 2.20. The van der Waals surface area contributed by atoms with Gasteiger partial charge in [0, 0.05) is 0 Å². The second-order valence-corrected chi connectivity index (χ2v) is 4.75. The monoisotopic (exact) mass is 272 g/mol. The van der Waals surface area contributed by atoms with Crippen molar-refractivity contribution in [2.75, 3.05) is 5.73 Å². The molecule has 0 spiro atoms. The molecule has 0 heterocycles. The Kier molecular flexibility index (Phi) is 4.03. The second kappa shape index (κ2) is 5.74. The first-order valence-electron chi connectivity index (χ1n) is 6.41. The number of para-hydroxylation sites is 1. The summed E-state index contributed by atoms with van der Waals surface area (Å²) in [7, 11) is 0. The van der Waals surface area contributed by atoms with E-state index in [0.717, 1.165) is 11.1 Å². The molecule has 1 amide bonds. The molecule has 1 atom stereocenters. The summed E-state index contributed by atoms with van der Waals surface area (Å²) in [5, 5.41) is 2.84. The van der Waals surface area contributed by atoms with Crippen molar-refractivity contribution >= 4 is 11.6 Å². The predicted molar refractivity (Wildman–Crippen MR) is 77.9 cm³/mol. The first-order valence-corrected chi connectivity index (χ1v) is 6.41. The Morgan fingerprint density at radius 2 is 1.90 bits per heavy atom. The van der Waals surface area contributed by atoms with Gasteiger partial charge in [-0.1, -0.05) is 30.3 Å². The molecule has 0 aliphatic heterocycles. The summed E-state index contributed by atoms with van der Waals surface area (Å²) in [5.74, 6) is -0.959. The topological polar surface area (TPSA) is 55.1 Å². The van der Waals surface area contributed by atoms with Crippen molar-refractivity contribution < 1.29 is 9.18 Å². The highest BCUT2D eigenvalue weighted by Gasteiger charge is 2.16. The average molecular weight is 272 g/mol. The zero-order chi connectivity index (χ0) is 14.7. The van der Waals surface area contributed by atoms with E-state index in [1.807, 2.05) is 38.1 Å². The Morgan fingerprint density at radius 3 is 2.60 bits per heavy atom. The molecule has 0 aliphatic rings. The number of amides is 1. The van der Waals surface area contributed by atoms with Gasteiger partial charge in [0.05, 0.1) is 17.3 Å². The molecule has 0 fully saturated rings. The molecular formula is C16H17FN2O. The largest absolute Gasteiger partial charge is 0.396 e. The molecule has 0 radical (unpaired) electrons. The van der Waals surface area contributed by atoms with E-state index in [-0.39, 0.29) is 23.2 Å². The summed E-state index contributed by atoms with van der Waals surface area (Å²) >= 11 is 0. The fourth-order valence-electron chi connectivity index (χ4n) is 2.16. The summed E-state index contributed by atoms with van der Waals surface area (Å²) in [6.45, 7) is 3.87. The zero-order valence-corrected chi connectivity index (χ0v) is 11.5. The number of hydrogen-bond donors (Lipinski definition) is 2. The Morgan fingerprint density at radius 1 is 1.20 bits per heavy atom. The van der Waals surface area contributed by atoms with E-state index in [2.05, 4.69) is 5.32 Å². The first kappa shape index (κ1) is 14.1. The fourth-order valence-corrected chi connectivity index (χ4v) is 2.16. The number of carbonyl (C=O) groups is 1. The third-order valence-electron chi connectivity index (χ3n) is 3.30. The number of nitrogens with two attached hydrogens (primary N) is 1. The van der Waals surface area contributed by atoms with Gasteiger partial charge < -0.3 is 11.1 Å². The SMILES string of the molecule is Cc1ccccc1C(C)NC(=O)c1cccc(F)c1N. The molecule has 0 aromatic heterocycles. The van der Waals surface area contributed by atoms with E-state index in [1.165, 1.54) is 18.2 Å². The normalized spacial score (nSPS) is 11.9. The fraction of sp³-hybridized carbons (Fsp3) is 0.188. The predicted octanol–water partition coefficient (Wildman–Crippen LogP) is 3.21. The summed E-state index contributed by atoms with van der Waals surface area (Å²) in [6, 6.07) is 11.8. The van der Waals surface area contributed by atoms with Crippen molar-refractivity contribution in [3.05, 3.63) is 65.0 Å². The van der Waals surface area contributed by atoms with Gasteiger partial charge in [-0.3, -0.25) is 4.79 Å². The smallest absolute Gasteiger partial charge is 0.253 e. The Bertz CT molecular complexity index is 640. The van der Waals surface area contributed by atoms with Gasteiger partial charge in [0.25, 0.3) is 5.91 Å². The summed E-state index contributed by atoms with van der Waals surface area (Å²) in [4.78, 5) is 12.2. The van der Waals surface area contributed by atoms with Crippen molar-refractivity contribution in [1.29, 1.82) is 0 Å². The number of rotatable bonds is 3. The number of anilines is 1. The summed E-state index contributed by atoms with van der Waals surface area (Å²) in [6.07, 6.45) is 0.